The van der Waals surface area contributed by atoms with Gasteiger partial charge in [-0.05, 0) is 29.3 Å². The summed E-state index contributed by atoms with van der Waals surface area (Å²) in [5.74, 6) is 1.31. The van der Waals surface area contributed by atoms with Crippen LogP contribution < -0.4 is 14.2 Å². The number of nitrogens with zero attached hydrogens (tertiary/aromatic N) is 2. The molecule has 2 aliphatic rings. The Kier molecular flexibility index (Phi) is 4.73. The molecule has 2 aromatic carbocycles. The van der Waals surface area contributed by atoms with Crippen molar-refractivity contribution in [3.63, 3.8) is 0 Å². The zero-order chi connectivity index (χ0) is 22.6. The van der Waals surface area contributed by atoms with Gasteiger partial charge in [0.2, 0.25) is 17.6 Å². The molecule has 166 valence electrons. The van der Waals surface area contributed by atoms with Gasteiger partial charge in [0.1, 0.15) is 6.04 Å². The molecule has 1 fully saturated rings. The fourth-order valence-electron chi connectivity index (χ4n) is 5.01. The number of ether oxygens (including phenoxy) is 3. The van der Waals surface area contributed by atoms with E-state index in [1.165, 1.54) is 4.90 Å². The molecular weight excluding hydrogens is 410 g/mol. The van der Waals surface area contributed by atoms with Crippen LogP contribution in [0, 0.1) is 0 Å². The Morgan fingerprint density at radius 1 is 1.00 bits per heavy atom. The Balaban J connectivity index is 1.78. The molecule has 8 nitrogen and oxygen atoms in total. The summed E-state index contributed by atoms with van der Waals surface area (Å²) in [6.45, 7) is 0.0474. The molecular formula is C24H25N3O5. The molecule has 3 heterocycles. The molecule has 8 heteroatoms. The lowest BCUT2D eigenvalue weighted by Crippen LogP contribution is -2.62. The number of aromatic nitrogens is 1. The number of hydrogen-bond acceptors (Lipinski definition) is 5. The van der Waals surface area contributed by atoms with Crippen LogP contribution in [0.3, 0.4) is 0 Å². The highest BCUT2D eigenvalue weighted by atomic mass is 16.5. The Hall–Kier alpha value is -3.68. The zero-order valence-electron chi connectivity index (χ0n) is 18.5. The molecule has 2 amide bonds. The van der Waals surface area contributed by atoms with E-state index in [0.29, 0.717) is 23.7 Å². The van der Waals surface area contributed by atoms with Crippen molar-refractivity contribution < 1.29 is 23.8 Å². The summed E-state index contributed by atoms with van der Waals surface area (Å²) in [6, 6.07) is 10.6. The number of rotatable bonds is 4. The van der Waals surface area contributed by atoms with E-state index >= 15 is 0 Å². The monoisotopic (exact) mass is 435 g/mol. The first-order chi connectivity index (χ1) is 15.5. The second-order valence-electron chi connectivity index (χ2n) is 8.14. The molecule has 2 atom stereocenters. The lowest BCUT2D eigenvalue weighted by molar-refractivity contribution is -0.157. The fraction of sp³-hybridized carbons (Fsp3) is 0.333. The van der Waals surface area contributed by atoms with E-state index in [1.807, 2.05) is 36.4 Å². The Morgan fingerprint density at radius 2 is 1.69 bits per heavy atom. The normalized spacial score (nSPS) is 20.2. The van der Waals surface area contributed by atoms with Crippen molar-refractivity contribution in [3.05, 3.63) is 53.2 Å². The van der Waals surface area contributed by atoms with Gasteiger partial charge in [0.25, 0.3) is 0 Å². The maximum absolute atomic E-state index is 13.3. The van der Waals surface area contributed by atoms with E-state index < -0.39 is 12.1 Å². The van der Waals surface area contributed by atoms with Gasteiger partial charge in [-0.15, -0.1) is 0 Å². The van der Waals surface area contributed by atoms with E-state index in [0.717, 1.165) is 27.7 Å². The van der Waals surface area contributed by atoms with E-state index in [-0.39, 0.29) is 18.4 Å². The summed E-state index contributed by atoms with van der Waals surface area (Å²) in [6.07, 6.45) is 0.467. The highest BCUT2D eigenvalue weighted by Crippen LogP contribution is 2.46. The Labute approximate surface area is 185 Å². The zero-order valence-corrected chi connectivity index (χ0v) is 18.5. The van der Waals surface area contributed by atoms with E-state index in [1.54, 1.807) is 33.3 Å². The number of fused-ring (bicyclic) bond motifs is 4. The van der Waals surface area contributed by atoms with Gasteiger partial charge >= 0.3 is 0 Å². The van der Waals surface area contributed by atoms with Crippen molar-refractivity contribution >= 4 is 22.7 Å². The van der Waals surface area contributed by atoms with E-state index in [2.05, 4.69) is 4.98 Å². The number of H-pyrrole nitrogens is 1. The Bertz CT molecular complexity index is 1210. The average Bonchev–Trinajstić information content (AvgIpc) is 3.18. The lowest BCUT2D eigenvalue weighted by atomic mass is 9.86. The van der Waals surface area contributed by atoms with Crippen LogP contribution in [0.15, 0.2) is 36.4 Å². The first-order valence-electron chi connectivity index (χ1n) is 10.4. The molecule has 0 saturated carbocycles. The molecule has 5 rings (SSSR count). The number of carbonyl (C=O) groups excluding carboxylic acids is 2. The van der Waals surface area contributed by atoms with Gasteiger partial charge in [0.15, 0.2) is 11.5 Å². The maximum Gasteiger partial charge on any atom is 0.245 e. The summed E-state index contributed by atoms with van der Waals surface area (Å²) >= 11 is 0. The second kappa shape index (κ2) is 7.47. The van der Waals surface area contributed by atoms with Gasteiger partial charge < -0.3 is 29.0 Å². The Morgan fingerprint density at radius 3 is 2.34 bits per heavy atom. The fourth-order valence-corrected chi connectivity index (χ4v) is 5.01. The smallest absolute Gasteiger partial charge is 0.245 e. The van der Waals surface area contributed by atoms with Crippen molar-refractivity contribution in [2.75, 3.05) is 34.9 Å². The summed E-state index contributed by atoms with van der Waals surface area (Å²) in [4.78, 5) is 33.1. The van der Waals surface area contributed by atoms with Gasteiger partial charge in [0.05, 0.1) is 33.9 Å². The van der Waals surface area contributed by atoms with Crippen LogP contribution in [0.2, 0.25) is 0 Å². The van der Waals surface area contributed by atoms with Crippen LogP contribution in [0.5, 0.6) is 17.2 Å². The molecule has 1 N–H and O–H groups in total. The highest BCUT2D eigenvalue weighted by Gasteiger charge is 2.47. The molecule has 32 heavy (non-hydrogen) atoms. The minimum absolute atomic E-state index is 0.0474. The van der Waals surface area contributed by atoms with Gasteiger partial charge in [-0.1, -0.05) is 18.2 Å². The molecule has 1 aromatic heterocycles. The van der Waals surface area contributed by atoms with Crippen LogP contribution in [0.1, 0.15) is 22.9 Å². The molecule has 0 bridgehead atoms. The molecule has 0 unspecified atom stereocenters. The number of amides is 2. The van der Waals surface area contributed by atoms with Crippen LogP contribution in [-0.4, -0.2) is 67.6 Å². The molecule has 2 aliphatic heterocycles. The topological polar surface area (TPSA) is 84.1 Å². The van der Waals surface area contributed by atoms with Crippen molar-refractivity contribution in [1.82, 2.24) is 14.8 Å². The average molecular weight is 435 g/mol. The SMILES string of the molecule is COc1cc([C@H]2c3[nH]c4ccccc4c3C[C@@H]3C(=O)N(C)CC(=O)N23)cc(OC)c1OC. The van der Waals surface area contributed by atoms with Crippen molar-refractivity contribution in [2.45, 2.75) is 18.5 Å². The van der Waals surface area contributed by atoms with Crippen molar-refractivity contribution in [3.8, 4) is 17.2 Å². The standard InChI is InChI=1S/C24H25N3O5/c1-26-12-20(28)27-17(24(26)29)11-15-14-7-5-6-8-16(14)25-21(15)22(27)13-9-18(30-2)23(32-4)19(10-13)31-3/h5-10,17,22,25H,11-12H2,1-4H3/t17-,22+/m1/s1. The number of para-hydroxylation sites is 1. The molecule has 0 aliphatic carbocycles. The predicted molar refractivity (Wildman–Crippen MR) is 118 cm³/mol. The first kappa shape index (κ1) is 20.2. The number of benzene rings is 2. The number of methoxy groups -OCH3 is 3. The van der Waals surface area contributed by atoms with Crippen molar-refractivity contribution in [2.24, 2.45) is 0 Å². The third-order valence-electron chi connectivity index (χ3n) is 6.46. The number of aromatic amines is 1. The van der Waals surface area contributed by atoms with E-state index in [4.69, 9.17) is 14.2 Å². The van der Waals surface area contributed by atoms with E-state index in [9.17, 15) is 9.59 Å². The third kappa shape index (κ3) is 2.82. The highest BCUT2D eigenvalue weighted by molar-refractivity contribution is 5.97. The van der Waals surface area contributed by atoms with Crippen LogP contribution in [0.4, 0.5) is 0 Å². The number of hydrogen-bond donors (Lipinski definition) is 1. The number of carbonyl (C=O) groups is 2. The van der Waals surface area contributed by atoms with Crippen molar-refractivity contribution in [1.29, 1.82) is 0 Å². The van der Waals surface area contributed by atoms with Gasteiger partial charge in [-0.2, -0.15) is 0 Å². The minimum atomic E-state index is -0.572. The third-order valence-corrected chi connectivity index (χ3v) is 6.46. The van der Waals surface area contributed by atoms with Gasteiger partial charge in [0, 0.05) is 30.1 Å². The molecule has 1 saturated heterocycles. The van der Waals surface area contributed by atoms with Crippen LogP contribution >= 0.6 is 0 Å². The molecule has 0 spiro atoms. The largest absolute Gasteiger partial charge is 0.493 e. The van der Waals surface area contributed by atoms with Crippen LogP contribution in [-0.2, 0) is 16.0 Å². The second-order valence-corrected chi connectivity index (χ2v) is 8.14. The number of piperazine rings is 1. The quantitative estimate of drug-likeness (QED) is 0.681. The first-order valence-corrected chi connectivity index (χ1v) is 10.4. The predicted octanol–water partition coefficient (Wildman–Crippen LogP) is 2.51. The van der Waals surface area contributed by atoms with Crippen LogP contribution in [0.25, 0.3) is 10.9 Å². The molecule has 0 radical (unpaired) electrons. The summed E-state index contributed by atoms with van der Waals surface area (Å²) in [5.41, 5.74) is 3.71. The summed E-state index contributed by atoms with van der Waals surface area (Å²) in [7, 11) is 6.35. The maximum atomic E-state index is 13.3. The van der Waals surface area contributed by atoms with Gasteiger partial charge in [-0.3, -0.25) is 9.59 Å². The summed E-state index contributed by atoms with van der Waals surface area (Å²) in [5, 5.41) is 1.06. The van der Waals surface area contributed by atoms with Gasteiger partial charge in [-0.25, -0.2) is 0 Å². The number of likely N-dealkylation sites (N-methyl/N-ethyl adjacent to an activating group) is 1. The summed E-state index contributed by atoms with van der Waals surface area (Å²) < 4.78 is 16.6. The molecule has 3 aromatic rings. The lowest BCUT2D eigenvalue weighted by Gasteiger charge is -2.46. The number of nitrogens with one attached hydrogen (secondary N) is 1. The minimum Gasteiger partial charge on any atom is -0.493 e.